The summed E-state index contributed by atoms with van der Waals surface area (Å²) in [4.78, 5) is 5.26. The van der Waals surface area contributed by atoms with E-state index in [2.05, 4.69) is 208 Å². The predicted octanol–water partition coefficient (Wildman–Crippen LogP) is 14.2. The standard InChI is InChI=1S/C56H59BN2S/c1-34-18-24-44-46(28-34)59(45-25-21-38(54(6,7)8)31-40(45)36-16-14-13-15-17-36)48-30-35(2)29-47-50(48)57(44)52-51(58(47)39-22-19-37(20-23-39)53(3,4)5)41-32-42-43(33-49(41)60-52)56(11,12)27-26-55(42,9)10/h13-25,28-33H,26-27H2,1-12H3. The molecule has 6 aromatic carbocycles. The molecule has 0 spiro atoms. The minimum atomic E-state index is 0.0102. The third-order valence-electron chi connectivity index (χ3n) is 14.1. The molecule has 0 atom stereocenters. The van der Waals surface area contributed by atoms with Crippen LogP contribution in [0.5, 0.6) is 0 Å². The highest BCUT2D eigenvalue weighted by atomic mass is 32.1. The fourth-order valence-electron chi connectivity index (χ4n) is 10.5. The third kappa shape index (κ3) is 6.03. The largest absolute Gasteiger partial charge is 0.311 e. The van der Waals surface area contributed by atoms with Gasteiger partial charge in [-0.2, -0.15) is 0 Å². The van der Waals surface area contributed by atoms with Gasteiger partial charge in [-0.3, -0.25) is 0 Å². The number of aryl methyl sites for hydroxylation is 2. The van der Waals surface area contributed by atoms with Crippen LogP contribution in [-0.2, 0) is 21.7 Å². The summed E-state index contributed by atoms with van der Waals surface area (Å²) in [6.45, 7) is 28.4. The first-order valence-corrected chi connectivity index (χ1v) is 22.9. The first kappa shape index (κ1) is 39.1. The van der Waals surface area contributed by atoms with Crippen LogP contribution in [0.2, 0.25) is 0 Å². The van der Waals surface area contributed by atoms with Crippen molar-refractivity contribution in [1.82, 2.24) is 0 Å². The first-order chi connectivity index (χ1) is 28.3. The monoisotopic (exact) mass is 802 g/mol. The molecule has 1 aliphatic carbocycles. The summed E-state index contributed by atoms with van der Waals surface area (Å²) in [6.07, 6.45) is 2.40. The molecule has 2 nitrogen and oxygen atoms in total. The normalized spacial score (nSPS) is 16.4. The number of thiophene rings is 1. The minimum absolute atomic E-state index is 0.0102. The first-order valence-electron chi connectivity index (χ1n) is 22.1. The minimum Gasteiger partial charge on any atom is -0.311 e. The number of fused-ring (bicyclic) bond motifs is 7. The average molecular weight is 803 g/mol. The number of benzene rings is 6. The summed E-state index contributed by atoms with van der Waals surface area (Å²) in [5.41, 5.74) is 21.5. The van der Waals surface area contributed by atoms with Crippen molar-refractivity contribution >= 4 is 78.0 Å². The molecule has 0 bridgehead atoms. The van der Waals surface area contributed by atoms with Crippen molar-refractivity contribution < 1.29 is 0 Å². The number of hydrogen-bond acceptors (Lipinski definition) is 3. The van der Waals surface area contributed by atoms with Crippen LogP contribution < -0.4 is 25.5 Å². The Hall–Kier alpha value is -5.06. The Kier molecular flexibility index (Phi) is 8.62. The SMILES string of the molecule is Cc1ccc2c(c1)N(c1ccc(C(C)(C)C)cc1-c1ccccc1)c1cc(C)cc3c1B2c1sc2cc4c(cc2c1N3c1ccc(C(C)(C)C)cc1)C(C)(C)CCC4(C)C. The lowest BCUT2D eigenvalue weighted by Gasteiger charge is -2.44. The Labute approximate surface area is 363 Å². The van der Waals surface area contributed by atoms with Crippen molar-refractivity contribution in [3.05, 3.63) is 149 Å². The molecule has 0 saturated heterocycles. The lowest BCUT2D eigenvalue weighted by Crippen LogP contribution is -2.60. The van der Waals surface area contributed by atoms with Crippen molar-refractivity contribution in [3.8, 4) is 11.1 Å². The van der Waals surface area contributed by atoms with Crippen molar-refractivity contribution in [2.45, 2.75) is 118 Å². The zero-order valence-corrected chi connectivity index (χ0v) is 38.6. The van der Waals surface area contributed by atoms with Gasteiger partial charge < -0.3 is 9.80 Å². The van der Waals surface area contributed by atoms with Gasteiger partial charge in [0.25, 0.3) is 6.71 Å². The molecule has 3 aliphatic rings. The molecule has 0 unspecified atom stereocenters. The van der Waals surface area contributed by atoms with Crippen LogP contribution in [0.25, 0.3) is 21.2 Å². The molecule has 0 fully saturated rings. The molecule has 2 aliphatic heterocycles. The van der Waals surface area contributed by atoms with E-state index in [9.17, 15) is 0 Å². The lowest BCUT2D eigenvalue weighted by atomic mass is 9.36. The highest BCUT2D eigenvalue weighted by molar-refractivity contribution is 7.33. The quantitative estimate of drug-likeness (QED) is 0.164. The van der Waals surface area contributed by atoms with E-state index < -0.39 is 0 Å². The Bertz CT molecular complexity index is 2860. The number of nitrogens with zero attached hydrogens (tertiary/aromatic N) is 2. The van der Waals surface area contributed by atoms with Gasteiger partial charge >= 0.3 is 0 Å². The second-order valence-electron chi connectivity index (χ2n) is 21.5. The van der Waals surface area contributed by atoms with E-state index in [1.165, 1.54) is 117 Å². The van der Waals surface area contributed by atoms with E-state index in [1.54, 1.807) is 0 Å². The lowest BCUT2D eigenvalue weighted by molar-refractivity contribution is 0.332. The molecule has 60 heavy (non-hydrogen) atoms. The van der Waals surface area contributed by atoms with Crippen LogP contribution in [0.15, 0.2) is 115 Å². The van der Waals surface area contributed by atoms with Gasteiger partial charge in [0.1, 0.15) is 0 Å². The molecule has 0 saturated carbocycles. The molecular weight excluding hydrogens is 744 g/mol. The smallest absolute Gasteiger partial charge is 0.264 e. The second kappa shape index (κ2) is 13.2. The van der Waals surface area contributed by atoms with Gasteiger partial charge in [0, 0.05) is 43.2 Å². The van der Waals surface area contributed by atoms with E-state index >= 15 is 0 Å². The maximum atomic E-state index is 2.65. The van der Waals surface area contributed by atoms with Crippen LogP contribution in [0.3, 0.4) is 0 Å². The molecule has 4 heteroatoms. The molecule has 0 amide bonds. The fraction of sp³-hybridized carbons (Fsp3) is 0.321. The van der Waals surface area contributed by atoms with Crippen LogP contribution in [-0.4, -0.2) is 6.71 Å². The Morgan fingerprint density at radius 2 is 1.17 bits per heavy atom. The van der Waals surface area contributed by atoms with Crippen LogP contribution in [0, 0.1) is 13.8 Å². The van der Waals surface area contributed by atoms with Gasteiger partial charge in [0.2, 0.25) is 0 Å². The Morgan fingerprint density at radius 3 is 1.82 bits per heavy atom. The molecule has 0 N–H and O–H groups in total. The van der Waals surface area contributed by atoms with Crippen LogP contribution >= 0.6 is 11.3 Å². The van der Waals surface area contributed by atoms with E-state index in [0.29, 0.717) is 0 Å². The van der Waals surface area contributed by atoms with Gasteiger partial charge in [-0.05, 0) is 153 Å². The second-order valence-corrected chi connectivity index (χ2v) is 22.6. The summed E-state index contributed by atoms with van der Waals surface area (Å²) in [5, 5.41) is 1.38. The van der Waals surface area contributed by atoms with Gasteiger partial charge in [-0.1, -0.05) is 130 Å². The van der Waals surface area contributed by atoms with Gasteiger partial charge in [0.15, 0.2) is 0 Å². The van der Waals surface area contributed by atoms with Gasteiger partial charge in [0.05, 0.1) is 11.4 Å². The molecule has 302 valence electrons. The van der Waals surface area contributed by atoms with Crippen molar-refractivity contribution in [3.63, 3.8) is 0 Å². The molecule has 0 radical (unpaired) electrons. The molecule has 10 rings (SSSR count). The number of hydrogen-bond donors (Lipinski definition) is 0. The molecule has 3 heterocycles. The highest BCUT2D eigenvalue weighted by Crippen LogP contribution is 2.53. The van der Waals surface area contributed by atoms with Crippen LogP contribution in [0.4, 0.5) is 34.1 Å². The summed E-state index contributed by atoms with van der Waals surface area (Å²) < 4.78 is 2.84. The van der Waals surface area contributed by atoms with E-state index in [-0.39, 0.29) is 28.4 Å². The average Bonchev–Trinajstić information content (AvgIpc) is 3.57. The zero-order valence-electron chi connectivity index (χ0n) is 37.8. The Morgan fingerprint density at radius 1 is 0.567 bits per heavy atom. The van der Waals surface area contributed by atoms with Gasteiger partial charge in [-0.15, -0.1) is 11.3 Å². The van der Waals surface area contributed by atoms with E-state index in [0.717, 1.165) is 0 Å². The predicted molar refractivity (Wildman–Crippen MR) is 263 cm³/mol. The molecule has 7 aromatic rings. The summed E-state index contributed by atoms with van der Waals surface area (Å²) in [5.74, 6) is 0. The third-order valence-corrected chi connectivity index (χ3v) is 15.3. The van der Waals surface area contributed by atoms with Crippen molar-refractivity contribution in [1.29, 1.82) is 0 Å². The van der Waals surface area contributed by atoms with E-state index in [1.807, 2.05) is 11.3 Å². The fourth-order valence-corrected chi connectivity index (χ4v) is 11.8. The number of rotatable bonds is 3. The van der Waals surface area contributed by atoms with Crippen LogP contribution in [0.1, 0.15) is 115 Å². The molecular formula is C56H59BN2S. The maximum Gasteiger partial charge on any atom is 0.264 e. The highest BCUT2D eigenvalue weighted by Gasteiger charge is 2.47. The topological polar surface area (TPSA) is 6.48 Å². The summed E-state index contributed by atoms with van der Waals surface area (Å²) in [7, 11) is 0. The maximum absolute atomic E-state index is 2.65. The van der Waals surface area contributed by atoms with Crippen molar-refractivity contribution in [2.75, 3.05) is 9.80 Å². The number of anilines is 6. The van der Waals surface area contributed by atoms with Crippen molar-refractivity contribution in [2.24, 2.45) is 0 Å². The van der Waals surface area contributed by atoms with Gasteiger partial charge in [-0.25, -0.2) is 0 Å². The molecule has 1 aromatic heterocycles. The summed E-state index contributed by atoms with van der Waals surface area (Å²) >= 11 is 2.03. The van der Waals surface area contributed by atoms with E-state index in [4.69, 9.17) is 0 Å². The summed E-state index contributed by atoms with van der Waals surface area (Å²) in [6, 6.07) is 45.1. The Balaban J connectivity index is 1.31. The zero-order chi connectivity index (χ0) is 42.3.